The van der Waals surface area contributed by atoms with Crippen molar-refractivity contribution in [3.05, 3.63) is 35.1 Å². The number of halogens is 1. The summed E-state index contributed by atoms with van der Waals surface area (Å²) in [6.45, 7) is 3.30. The molecule has 72 valence electrons. The lowest BCUT2D eigenvalue weighted by molar-refractivity contribution is 0.611. The highest BCUT2D eigenvalue weighted by Gasteiger charge is 1.97. The average molecular weight is 182 g/mol. The fraction of sp³-hybridized carbons (Fsp3) is 0.400. The minimum absolute atomic E-state index is 0.141. The lowest BCUT2D eigenvalue weighted by atomic mass is 10.1. The Morgan fingerprint density at radius 1 is 1.38 bits per heavy atom. The van der Waals surface area contributed by atoms with Crippen LogP contribution < -0.4 is 10.6 Å². The summed E-state index contributed by atoms with van der Waals surface area (Å²) in [7, 11) is 1.88. The van der Waals surface area contributed by atoms with E-state index >= 15 is 0 Å². The summed E-state index contributed by atoms with van der Waals surface area (Å²) in [5.74, 6) is -0.141. The van der Waals surface area contributed by atoms with Crippen LogP contribution in [0.1, 0.15) is 11.1 Å². The third-order valence-electron chi connectivity index (χ3n) is 1.85. The third-order valence-corrected chi connectivity index (χ3v) is 1.85. The first-order valence-electron chi connectivity index (χ1n) is 4.34. The van der Waals surface area contributed by atoms with E-state index < -0.39 is 0 Å². The van der Waals surface area contributed by atoms with Crippen molar-refractivity contribution in [2.24, 2.45) is 0 Å². The van der Waals surface area contributed by atoms with E-state index in [1.165, 1.54) is 6.07 Å². The van der Waals surface area contributed by atoms with Gasteiger partial charge in [0.1, 0.15) is 5.82 Å². The lowest BCUT2D eigenvalue weighted by Gasteiger charge is -2.05. The molecule has 0 aliphatic heterocycles. The Hall–Kier alpha value is -0.930. The van der Waals surface area contributed by atoms with Gasteiger partial charge in [-0.1, -0.05) is 12.1 Å². The fourth-order valence-corrected chi connectivity index (χ4v) is 1.15. The summed E-state index contributed by atoms with van der Waals surface area (Å²) in [6.07, 6.45) is 0. The molecule has 0 aliphatic carbocycles. The molecule has 0 fully saturated rings. The molecule has 0 bridgehead atoms. The van der Waals surface area contributed by atoms with Crippen molar-refractivity contribution in [2.75, 3.05) is 13.7 Å². The van der Waals surface area contributed by atoms with Crippen LogP contribution in [0.3, 0.4) is 0 Å². The Morgan fingerprint density at radius 3 is 2.77 bits per heavy atom. The van der Waals surface area contributed by atoms with Gasteiger partial charge in [0.05, 0.1) is 0 Å². The van der Waals surface area contributed by atoms with Crippen LogP contribution in [0.15, 0.2) is 18.2 Å². The molecule has 0 atom stereocenters. The molecule has 1 rings (SSSR count). The number of hydrogen-bond acceptors (Lipinski definition) is 2. The van der Waals surface area contributed by atoms with Gasteiger partial charge in [0.2, 0.25) is 0 Å². The zero-order valence-electron chi connectivity index (χ0n) is 8.02. The van der Waals surface area contributed by atoms with Crippen molar-refractivity contribution in [2.45, 2.75) is 13.5 Å². The second kappa shape index (κ2) is 4.94. The summed E-state index contributed by atoms with van der Waals surface area (Å²) < 4.78 is 12.9. The van der Waals surface area contributed by atoms with Crippen molar-refractivity contribution >= 4 is 0 Å². The van der Waals surface area contributed by atoms with Gasteiger partial charge in [-0.25, -0.2) is 4.39 Å². The molecule has 2 nitrogen and oxygen atoms in total. The van der Waals surface area contributed by atoms with Crippen LogP contribution in [0.2, 0.25) is 0 Å². The molecule has 0 saturated carbocycles. The molecular formula is C10H15FN2. The summed E-state index contributed by atoms with van der Waals surface area (Å²) in [6, 6.07) is 5.16. The highest BCUT2D eigenvalue weighted by atomic mass is 19.1. The number of benzene rings is 1. The number of aryl methyl sites for hydroxylation is 1. The molecule has 0 radical (unpaired) electrons. The third kappa shape index (κ3) is 3.13. The summed E-state index contributed by atoms with van der Waals surface area (Å²) in [4.78, 5) is 0. The largest absolute Gasteiger partial charge is 0.308 e. The van der Waals surface area contributed by atoms with Crippen LogP contribution in [0.5, 0.6) is 0 Å². The van der Waals surface area contributed by atoms with Gasteiger partial charge < -0.3 is 10.6 Å². The summed E-state index contributed by atoms with van der Waals surface area (Å²) in [5, 5.41) is 6.14. The number of rotatable bonds is 4. The predicted octanol–water partition coefficient (Wildman–Crippen LogP) is 1.40. The van der Waals surface area contributed by atoms with Gasteiger partial charge in [-0.05, 0) is 31.2 Å². The van der Waals surface area contributed by atoms with E-state index in [1.807, 2.05) is 13.1 Å². The molecule has 1 aromatic rings. The van der Waals surface area contributed by atoms with E-state index in [9.17, 15) is 4.39 Å². The summed E-state index contributed by atoms with van der Waals surface area (Å²) in [5.41, 5.74) is 1.80. The predicted molar refractivity (Wildman–Crippen MR) is 51.9 cm³/mol. The highest BCUT2D eigenvalue weighted by molar-refractivity contribution is 5.23. The van der Waals surface area contributed by atoms with Gasteiger partial charge in [-0.3, -0.25) is 0 Å². The highest BCUT2D eigenvalue weighted by Crippen LogP contribution is 2.08. The molecule has 0 unspecified atom stereocenters. The van der Waals surface area contributed by atoms with E-state index in [1.54, 1.807) is 13.0 Å². The Labute approximate surface area is 78.2 Å². The minimum Gasteiger partial charge on any atom is -0.308 e. The summed E-state index contributed by atoms with van der Waals surface area (Å²) >= 11 is 0. The van der Waals surface area contributed by atoms with Crippen LogP contribution >= 0.6 is 0 Å². The van der Waals surface area contributed by atoms with E-state index in [-0.39, 0.29) is 5.82 Å². The Balaban J connectivity index is 2.53. The van der Waals surface area contributed by atoms with Crippen molar-refractivity contribution < 1.29 is 4.39 Å². The maximum atomic E-state index is 12.9. The minimum atomic E-state index is -0.141. The molecule has 13 heavy (non-hydrogen) atoms. The fourth-order valence-electron chi connectivity index (χ4n) is 1.15. The molecule has 0 amide bonds. The lowest BCUT2D eigenvalue weighted by Crippen LogP contribution is -2.25. The SMILES string of the molecule is CNCNCc1ccc(F)c(C)c1. The first-order chi connectivity index (χ1) is 6.24. The van der Waals surface area contributed by atoms with E-state index in [2.05, 4.69) is 10.6 Å². The standard InChI is InChI=1S/C10H15FN2/c1-8-5-9(3-4-10(8)11)6-13-7-12-2/h3-5,12-13H,6-7H2,1-2H3. The van der Waals surface area contributed by atoms with Gasteiger partial charge in [0.25, 0.3) is 0 Å². The zero-order valence-corrected chi connectivity index (χ0v) is 8.02. The topological polar surface area (TPSA) is 24.1 Å². The maximum Gasteiger partial charge on any atom is 0.126 e. The van der Waals surface area contributed by atoms with E-state index in [0.717, 1.165) is 18.8 Å². The average Bonchev–Trinajstić information content (AvgIpc) is 2.12. The second-order valence-electron chi connectivity index (χ2n) is 3.04. The van der Waals surface area contributed by atoms with Gasteiger partial charge in [0.15, 0.2) is 0 Å². The molecule has 0 heterocycles. The Morgan fingerprint density at radius 2 is 2.15 bits per heavy atom. The van der Waals surface area contributed by atoms with Crippen molar-refractivity contribution in [1.29, 1.82) is 0 Å². The molecule has 1 aromatic carbocycles. The van der Waals surface area contributed by atoms with Gasteiger partial charge in [-0.2, -0.15) is 0 Å². The van der Waals surface area contributed by atoms with Crippen molar-refractivity contribution in [1.82, 2.24) is 10.6 Å². The van der Waals surface area contributed by atoms with Crippen LogP contribution in [0.25, 0.3) is 0 Å². The normalized spacial score (nSPS) is 10.4. The molecule has 2 N–H and O–H groups in total. The quantitative estimate of drug-likeness (QED) is 0.543. The van der Waals surface area contributed by atoms with Gasteiger partial charge >= 0.3 is 0 Å². The number of hydrogen-bond donors (Lipinski definition) is 2. The van der Waals surface area contributed by atoms with Crippen LogP contribution in [0.4, 0.5) is 4.39 Å². The zero-order chi connectivity index (χ0) is 9.68. The molecule has 0 saturated heterocycles. The van der Waals surface area contributed by atoms with E-state index in [0.29, 0.717) is 5.56 Å². The Bertz CT molecular complexity index is 274. The molecule has 0 spiro atoms. The second-order valence-corrected chi connectivity index (χ2v) is 3.04. The molecule has 0 aromatic heterocycles. The maximum absolute atomic E-state index is 12.9. The van der Waals surface area contributed by atoms with Crippen molar-refractivity contribution in [3.8, 4) is 0 Å². The van der Waals surface area contributed by atoms with Crippen LogP contribution in [0, 0.1) is 12.7 Å². The molecule has 3 heteroatoms. The first kappa shape index (κ1) is 10.2. The van der Waals surface area contributed by atoms with Crippen LogP contribution in [-0.2, 0) is 6.54 Å². The van der Waals surface area contributed by atoms with Crippen molar-refractivity contribution in [3.63, 3.8) is 0 Å². The molecular weight excluding hydrogens is 167 g/mol. The first-order valence-corrected chi connectivity index (χ1v) is 4.34. The smallest absolute Gasteiger partial charge is 0.126 e. The number of nitrogens with one attached hydrogen (secondary N) is 2. The van der Waals surface area contributed by atoms with Crippen LogP contribution in [-0.4, -0.2) is 13.7 Å². The molecule has 0 aliphatic rings. The monoisotopic (exact) mass is 182 g/mol. The van der Waals surface area contributed by atoms with Gasteiger partial charge in [-0.15, -0.1) is 0 Å². The van der Waals surface area contributed by atoms with E-state index in [4.69, 9.17) is 0 Å². The Kier molecular flexibility index (Phi) is 3.86. The van der Waals surface area contributed by atoms with Gasteiger partial charge in [0, 0.05) is 13.2 Å².